The van der Waals surface area contributed by atoms with E-state index >= 15 is 0 Å². The summed E-state index contributed by atoms with van der Waals surface area (Å²) in [5, 5.41) is 0. The second-order valence-electron chi connectivity index (χ2n) is 4.85. The number of nitrogens with zero attached hydrogens (tertiary/aromatic N) is 2. The minimum atomic E-state index is 0.913. The second-order valence-corrected chi connectivity index (χ2v) is 4.85. The molecule has 4 rings (SSSR count). The number of fused-ring (bicyclic) bond motifs is 3. The van der Waals surface area contributed by atoms with Crippen molar-refractivity contribution in [2.75, 3.05) is 18.0 Å². The van der Waals surface area contributed by atoms with E-state index in [0.717, 1.165) is 19.5 Å². The molecule has 18 heavy (non-hydrogen) atoms. The van der Waals surface area contributed by atoms with Crippen molar-refractivity contribution >= 4 is 12.0 Å². The normalized spacial score (nSPS) is 15.9. The first-order chi connectivity index (χ1) is 8.93. The molecule has 2 aliphatic rings. The summed E-state index contributed by atoms with van der Waals surface area (Å²) in [4.78, 5) is 6.59. The van der Waals surface area contributed by atoms with Crippen LogP contribution in [0.4, 0.5) is 5.69 Å². The molecule has 0 saturated heterocycles. The lowest BCUT2D eigenvalue weighted by molar-refractivity contribution is 1.01. The average Bonchev–Trinajstić information content (AvgIpc) is 3.05. The molecule has 0 unspecified atom stereocenters. The van der Waals surface area contributed by atoms with E-state index in [-0.39, 0.29) is 0 Å². The lowest BCUT2D eigenvalue weighted by Crippen LogP contribution is -2.19. The van der Waals surface area contributed by atoms with Crippen molar-refractivity contribution < 1.29 is 0 Å². The predicted octanol–water partition coefficient (Wildman–Crippen LogP) is 3.11. The Morgan fingerprint density at radius 2 is 1.83 bits per heavy atom. The highest BCUT2D eigenvalue weighted by Gasteiger charge is 2.22. The highest BCUT2D eigenvalue weighted by molar-refractivity contribution is 5.89. The molecule has 0 atom stereocenters. The minimum Gasteiger partial charge on any atom is -0.331 e. The lowest BCUT2D eigenvalue weighted by Gasteiger charge is -2.18. The summed E-state index contributed by atoms with van der Waals surface area (Å²) >= 11 is 0. The third kappa shape index (κ3) is 1.32. The van der Waals surface area contributed by atoms with Gasteiger partial charge in [-0.15, -0.1) is 0 Å². The zero-order valence-corrected chi connectivity index (χ0v) is 10.1. The maximum atomic E-state index is 4.32. The second kappa shape index (κ2) is 3.70. The number of rotatable bonds is 1. The Kier molecular flexibility index (Phi) is 2.04. The monoisotopic (exact) mass is 234 g/mol. The van der Waals surface area contributed by atoms with Crippen LogP contribution in [0.25, 0.3) is 11.1 Å². The number of benzene rings is 2. The third-order valence-electron chi connectivity index (χ3n) is 3.83. The topological polar surface area (TPSA) is 15.6 Å². The first kappa shape index (κ1) is 9.89. The lowest BCUT2D eigenvalue weighted by atomic mass is 10.0. The van der Waals surface area contributed by atoms with Crippen molar-refractivity contribution in [1.29, 1.82) is 0 Å². The summed E-state index contributed by atoms with van der Waals surface area (Å²) < 4.78 is 0. The smallest absolute Gasteiger partial charge is 0.0895 e. The standard InChI is InChI=1S/C16H14N2/c1-2-5-13-12(4-1)10-15-14(13)6-3-7-16(15)18-9-8-17-11-18/h1-7,11H,8-10H2. The van der Waals surface area contributed by atoms with Crippen molar-refractivity contribution in [3.8, 4) is 11.1 Å². The van der Waals surface area contributed by atoms with Gasteiger partial charge in [-0.2, -0.15) is 0 Å². The Morgan fingerprint density at radius 1 is 0.944 bits per heavy atom. The summed E-state index contributed by atoms with van der Waals surface area (Å²) in [6, 6.07) is 15.3. The van der Waals surface area contributed by atoms with Crippen LogP contribution in [0, 0.1) is 0 Å². The van der Waals surface area contributed by atoms with E-state index in [9.17, 15) is 0 Å². The highest BCUT2D eigenvalue weighted by Crippen LogP contribution is 2.41. The Morgan fingerprint density at radius 3 is 2.72 bits per heavy atom. The van der Waals surface area contributed by atoms with Crippen LogP contribution in [0.5, 0.6) is 0 Å². The number of hydrogen-bond donors (Lipinski definition) is 0. The van der Waals surface area contributed by atoms with Gasteiger partial charge >= 0.3 is 0 Å². The molecule has 2 nitrogen and oxygen atoms in total. The predicted molar refractivity (Wildman–Crippen MR) is 75.4 cm³/mol. The molecule has 0 N–H and O–H groups in total. The first-order valence-corrected chi connectivity index (χ1v) is 6.40. The van der Waals surface area contributed by atoms with Gasteiger partial charge in [0.1, 0.15) is 0 Å². The Labute approximate surface area is 107 Å². The summed E-state index contributed by atoms with van der Waals surface area (Å²) in [7, 11) is 0. The third-order valence-corrected chi connectivity index (χ3v) is 3.83. The molecule has 0 radical (unpaired) electrons. The fourth-order valence-electron chi connectivity index (χ4n) is 2.97. The van der Waals surface area contributed by atoms with Gasteiger partial charge in [-0.05, 0) is 28.3 Å². The van der Waals surface area contributed by atoms with Crippen molar-refractivity contribution in [2.24, 2.45) is 4.99 Å². The first-order valence-electron chi connectivity index (χ1n) is 6.40. The van der Waals surface area contributed by atoms with E-state index in [1.165, 1.54) is 27.9 Å². The summed E-state index contributed by atoms with van der Waals surface area (Å²) in [5.74, 6) is 0. The molecule has 2 aromatic carbocycles. The van der Waals surface area contributed by atoms with E-state index < -0.39 is 0 Å². The SMILES string of the molecule is C1=NCCN1c1cccc2c1Cc1ccccc1-2. The molecule has 0 bridgehead atoms. The Bertz CT molecular complexity index is 643. The molecule has 1 heterocycles. The van der Waals surface area contributed by atoms with Crippen molar-refractivity contribution in [1.82, 2.24) is 0 Å². The average molecular weight is 234 g/mol. The highest BCUT2D eigenvalue weighted by atomic mass is 15.2. The minimum absolute atomic E-state index is 0.913. The van der Waals surface area contributed by atoms with Crippen LogP contribution in [0.2, 0.25) is 0 Å². The van der Waals surface area contributed by atoms with E-state index in [1.807, 2.05) is 6.34 Å². The fourth-order valence-corrected chi connectivity index (χ4v) is 2.97. The van der Waals surface area contributed by atoms with Crippen molar-refractivity contribution in [3.63, 3.8) is 0 Å². The van der Waals surface area contributed by atoms with Crippen LogP contribution in [-0.2, 0) is 6.42 Å². The van der Waals surface area contributed by atoms with E-state index in [1.54, 1.807) is 0 Å². The van der Waals surface area contributed by atoms with Crippen LogP contribution in [0.3, 0.4) is 0 Å². The van der Waals surface area contributed by atoms with Gasteiger partial charge in [-0.3, -0.25) is 4.99 Å². The maximum absolute atomic E-state index is 4.32. The van der Waals surface area contributed by atoms with Crippen LogP contribution < -0.4 is 4.90 Å². The van der Waals surface area contributed by atoms with Gasteiger partial charge in [0.25, 0.3) is 0 Å². The molecular formula is C16H14N2. The van der Waals surface area contributed by atoms with Gasteiger partial charge in [0.15, 0.2) is 0 Å². The van der Waals surface area contributed by atoms with E-state index in [0.29, 0.717) is 0 Å². The fraction of sp³-hybridized carbons (Fsp3) is 0.188. The van der Waals surface area contributed by atoms with Crippen LogP contribution in [-0.4, -0.2) is 19.4 Å². The zero-order chi connectivity index (χ0) is 11.9. The maximum Gasteiger partial charge on any atom is 0.0895 e. The molecule has 0 fully saturated rings. The number of anilines is 1. The molecule has 2 aromatic rings. The zero-order valence-electron chi connectivity index (χ0n) is 10.1. The van der Waals surface area contributed by atoms with Gasteiger partial charge < -0.3 is 4.90 Å². The summed E-state index contributed by atoms with van der Waals surface area (Å²) in [6.45, 7) is 1.92. The quantitative estimate of drug-likeness (QED) is 0.631. The molecule has 0 aromatic heterocycles. The molecule has 1 aliphatic carbocycles. The van der Waals surface area contributed by atoms with E-state index in [4.69, 9.17) is 0 Å². The largest absolute Gasteiger partial charge is 0.331 e. The molecule has 88 valence electrons. The molecule has 2 heteroatoms. The van der Waals surface area contributed by atoms with Crippen LogP contribution in [0.1, 0.15) is 11.1 Å². The molecule has 0 saturated carbocycles. The van der Waals surface area contributed by atoms with Gasteiger partial charge in [-0.1, -0.05) is 36.4 Å². The molecule has 0 amide bonds. The van der Waals surface area contributed by atoms with Crippen molar-refractivity contribution in [3.05, 3.63) is 53.6 Å². The van der Waals surface area contributed by atoms with Gasteiger partial charge in [0.05, 0.1) is 12.9 Å². The van der Waals surface area contributed by atoms with E-state index in [2.05, 4.69) is 52.4 Å². The van der Waals surface area contributed by atoms with Gasteiger partial charge in [0, 0.05) is 18.7 Å². The molecule has 1 aliphatic heterocycles. The molecular weight excluding hydrogens is 220 g/mol. The van der Waals surface area contributed by atoms with Crippen LogP contribution in [0.15, 0.2) is 47.5 Å². The van der Waals surface area contributed by atoms with Gasteiger partial charge in [-0.25, -0.2) is 0 Å². The Hall–Kier alpha value is -2.09. The summed E-state index contributed by atoms with van der Waals surface area (Å²) in [6.07, 6.45) is 3.02. The van der Waals surface area contributed by atoms with Crippen molar-refractivity contribution in [2.45, 2.75) is 6.42 Å². The number of aliphatic imine (C=N–C) groups is 1. The van der Waals surface area contributed by atoms with Gasteiger partial charge in [0.2, 0.25) is 0 Å². The molecule has 0 spiro atoms. The Balaban J connectivity index is 1.89. The number of hydrogen-bond acceptors (Lipinski definition) is 2. The summed E-state index contributed by atoms with van der Waals surface area (Å²) in [5.41, 5.74) is 7.00. The van der Waals surface area contributed by atoms with Crippen LogP contribution >= 0.6 is 0 Å².